The van der Waals surface area contributed by atoms with E-state index in [1.165, 1.54) is 6.08 Å². The Labute approximate surface area is 93.8 Å². The molecule has 0 radical (unpaired) electrons. The number of rotatable bonds is 6. The maximum absolute atomic E-state index is 10.4. The van der Waals surface area contributed by atoms with Crippen molar-refractivity contribution >= 4 is 29.3 Å². The molecule has 0 aromatic carbocycles. The quantitative estimate of drug-likeness (QED) is 0.222. The summed E-state index contributed by atoms with van der Waals surface area (Å²) in [5.74, 6) is -2.74. The second-order valence-corrected chi connectivity index (χ2v) is 2.72. The highest BCUT2D eigenvalue weighted by Crippen LogP contribution is 2.04. The normalized spacial score (nSPS) is 8.64. The molecule has 0 aromatic rings. The van der Waals surface area contributed by atoms with Gasteiger partial charge in [-0.1, -0.05) is 25.8 Å². The molecule has 0 saturated heterocycles. The van der Waals surface area contributed by atoms with E-state index in [4.69, 9.17) is 10.2 Å². The van der Waals surface area contributed by atoms with Gasteiger partial charge >= 0.3 is 11.9 Å². The Bertz CT molecular complexity index is 207. The van der Waals surface area contributed by atoms with Gasteiger partial charge in [0.1, 0.15) is 5.57 Å². The van der Waals surface area contributed by atoms with E-state index in [1.807, 2.05) is 6.92 Å². The van der Waals surface area contributed by atoms with Crippen molar-refractivity contribution < 1.29 is 19.8 Å². The molecule has 0 fully saturated rings. The molecule has 0 atom stereocenters. The molecule has 80 valence electrons. The highest BCUT2D eigenvalue weighted by Gasteiger charge is 2.14. The van der Waals surface area contributed by atoms with Crippen LogP contribution in [0.3, 0.4) is 0 Å². The SMILES string of the molecule is CCCCCC=C(C(=O)O)C(=O)O.[AlH3]. The Morgan fingerprint density at radius 1 is 1.14 bits per heavy atom. The lowest BCUT2D eigenvalue weighted by Gasteiger charge is -1.95. The zero-order valence-electron chi connectivity index (χ0n) is 7.62. The summed E-state index contributed by atoms with van der Waals surface area (Å²) in [6.45, 7) is 2.03. The molecule has 5 heteroatoms. The molecule has 0 aliphatic rings. The van der Waals surface area contributed by atoms with Crippen LogP contribution in [0.15, 0.2) is 11.6 Å². The molecule has 0 spiro atoms. The molecular formula is C9H17AlO4. The van der Waals surface area contributed by atoms with Crippen LogP contribution in [-0.4, -0.2) is 39.5 Å². The second-order valence-electron chi connectivity index (χ2n) is 2.72. The Balaban J connectivity index is 0. The van der Waals surface area contributed by atoms with Gasteiger partial charge in [-0.2, -0.15) is 0 Å². The first-order valence-electron chi connectivity index (χ1n) is 4.26. The number of hydrogen-bond acceptors (Lipinski definition) is 2. The van der Waals surface area contributed by atoms with Crippen molar-refractivity contribution in [1.82, 2.24) is 0 Å². The van der Waals surface area contributed by atoms with Crippen molar-refractivity contribution in [2.45, 2.75) is 32.6 Å². The van der Waals surface area contributed by atoms with Gasteiger partial charge in [-0.05, 0) is 12.8 Å². The van der Waals surface area contributed by atoms with Crippen molar-refractivity contribution in [3.05, 3.63) is 11.6 Å². The lowest BCUT2D eigenvalue weighted by atomic mass is 10.1. The molecule has 0 unspecified atom stereocenters. The molecule has 2 N–H and O–H groups in total. The maximum atomic E-state index is 10.4. The van der Waals surface area contributed by atoms with Gasteiger partial charge in [-0.15, -0.1) is 0 Å². The summed E-state index contributed by atoms with van der Waals surface area (Å²) in [6.07, 6.45) is 4.63. The maximum Gasteiger partial charge on any atom is 0.342 e. The highest BCUT2D eigenvalue weighted by molar-refractivity contribution is 6.12. The molecule has 14 heavy (non-hydrogen) atoms. The molecule has 0 aromatic heterocycles. The summed E-state index contributed by atoms with van der Waals surface area (Å²) in [6, 6.07) is 0. The lowest BCUT2D eigenvalue weighted by molar-refractivity contribution is -0.140. The smallest absolute Gasteiger partial charge is 0.342 e. The van der Waals surface area contributed by atoms with Crippen molar-refractivity contribution in [2.75, 3.05) is 0 Å². The fraction of sp³-hybridized carbons (Fsp3) is 0.556. The van der Waals surface area contributed by atoms with E-state index in [2.05, 4.69) is 0 Å². The molecule has 0 heterocycles. The predicted octanol–water partition coefficient (Wildman–Crippen LogP) is 0.478. The van der Waals surface area contributed by atoms with E-state index in [9.17, 15) is 9.59 Å². The second kappa shape index (κ2) is 8.80. The third-order valence-electron chi connectivity index (χ3n) is 1.62. The number of unbranched alkanes of at least 4 members (excludes halogenated alkanes) is 3. The molecule has 0 rings (SSSR count). The van der Waals surface area contributed by atoms with Gasteiger partial charge < -0.3 is 10.2 Å². The molecular weight excluding hydrogens is 199 g/mol. The van der Waals surface area contributed by atoms with Gasteiger partial charge in [0, 0.05) is 0 Å². The molecule has 0 amide bonds. The van der Waals surface area contributed by atoms with Gasteiger partial charge in [0.15, 0.2) is 17.4 Å². The van der Waals surface area contributed by atoms with Crippen molar-refractivity contribution in [2.24, 2.45) is 0 Å². The third kappa shape index (κ3) is 6.70. The van der Waals surface area contributed by atoms with Crippen LogP contribution < -0.4 is 0 Å². The summed E-state index contributed by atoms with van der Waals surface area (Å²) in [5.41, 5.74) is -0.531. The van der Waals surface area contributed by atoms with Crippen LogP contribution in [0.5, 0.6) is 0 Å². The number of carboxylic acids is 2. The minimum absolute atomic E-state index is 0. The number of aliphatic carboxylic acids is 2. The van der Waals surface area contributed by atoms with Gasteiger partial charge in [-0.3, -0.25) is 0 Å². The largest absolute Gasteiger partial charge is 0.477 e. The molecule has 4 nitrogen and oxygen atoms in total. The van der Waals surface area contributed by atoms with Crippen LogP contribution in [0.1, 0.15) is 32.6 Å². The Morgan fingerprint density at radius 3 is 2.00 bits per heavy atom. The fourth-order valence-corrected chi connectivity index (χ4v) is 0.907. The minimum atomic E-state index is -1.37. The van der Waals surface area contributed by atoms with Crippen LogP contribution >= 0.6 is 0 Å². The molecule has 0 saturated carbocycles. The van der Waals surface area contributed by atoms with Crippen molar-refractivity contribution in [1.29, 1.82) is 0 Å². The zero-order chi connectivity index (χ0) is 10.3. The summed E-state index contributed by atoms with van der Waals surface area (Å²) in [7, 11) is 0. The van der Waals surface area contributed by atoms with Crippen LogP contribution in [0.25, 0.3) is 0 Å². The number of carboxylic acid groups (broad SMARTS) is 2. The lowest BCUT2D eigenvalue weighted by Crippen LogP contribution is -2.10. The predicted molar refractivity (Wildman–Crippen MR) is 57.4 cm³/mol. The van der Waals surface area contributed by atoms with E-state index in [-0.39, 0.29) is 17.4 Å². The standard InChI is InChI=1S/C9H14O4.Al.3H/c1-2-3-4-5-6-7(8(10)11)9(12)13;;;;/h6H,2-5H2,1H3,(H,10,11)(H,12,13);;;;. The molecule has 0 aliphatic carbocycles. The van der Waals surface area contributed by atoms with Crippen LogP contribution in [0.4, 0.5) is 0 Å². The van der Waals surface area contributed by atoms with Crippen LogP contribution in [0, 0.1) is 0 Å². The number of carbonyl (C=O) groups is 2. The third-order valence-corrected chi connectivity index (χ3v) is 1.62. The van der Waals surface area contributed by atoms with E-state index in [0.29, 0.717) is 6.42 Å². The summed E-state index contributed by atoms with van der Waals surface area (Å²) in [5, 5.41) is 16.9. The van der Waals surface area contributed by atoms with E-state index in [1.54, 1.807) is 0 Å². The molecule has 0 aliphatic heterocycles. The number of hydrogen-bond donors (Lipinski definition) is 2. The monoisotopic (exact) mass is 216 g/mol. The number of allylic oxidation sites excluding steroid dienone is 1. The Kier molecular flexibility index (Phi) is 9.85. The average Bonchev–Trinajstić information content (AvgIpc) is 2.02. The van der Waals surface area contributed by atoms with Crippen molar-refractivity contribution in [3.63, 3.8) is 0 Å². The zero-order valence-corrected chi connectivity index (χ0v) is 7.62. The fourth-order valence-electron chi connectivity index (χ4n) is 0.907. The summed E-state index contributed by atoms with van der Waals surface area (Å²) in [4.78, 5) is 20.7. The summed E-state index contributed by atoms with van der Waals surface area (Å²) >= 11 is 0. The molecule has 0 bridgehead atoms. The van der Waals surface area contributed by atoms with Gasteiger partial charge in [0.2, 0.25) is 0 Å². The van der Waals surface area contributed by atoms with Gasteiger partial charge in [0.05, 0.1) is 0 Å². The average molecular weight is 216 g/mol. The first-order chi connectivity index (χ1) is 6.09. The first kappa shape index (κ1) is 15.7. The van der Waals surface area contributed by atoms with Crippen LogP contribution in [0.2, 0.25) is 0 Å². The van der Waals surface area contributed by atoms with E-state index in [0.717, 1.165) is 19.3 Å². The van der Waals surface area contributed by atoms with E-state index < -0.39 is 17.5 Å². The first-order valence-corrected chi connectivity index (χ1v) is 4.26. The highest BCUT2D eigenvalue weighted by atomic mass is 27.0. The summed E-state index contributed by atoms with van der Waals surface area (Å²) < 4.78 is 0. The van der Waals surface area contributed by atoms with Crippen molar-refractivity contribution in [3.8, 4) is 0 Å². The van der Waals surface area contributed by atoms with E-state index >= 15 is 0 Å². The Morgan fingerprint density at radius 2 is 1.64 bits per heavy atom. The Hall–Kier alpha value is -0.788. The van der Waals surface area contributed by atoms with Crippen LogP contribution in [-0.2, 0) is 9.59 Å². The van der Waals surface area contributed by atoms with Gasteiger partial charge in [0.25, 0.3) is 0 Å². The topological polar surface area (TPSA) is 74.6 Å². The van der Waals surface area contributed by atoms with Gasteiger partial charge in [-0.25, -0.2) is 9.59 Å². The minimum Gasteiger partial charge on any atom is -0.477 e.